The van der Waals surface area contributed by atoms with E-state index in [0.717, 1.165) is 0 Å². The minimum atomic E-state index is 0. The minimum absolute atomic E-state index is 0. The molecule has 12 nitrogen and oxygen atoms in total. The van der Waals surface area contributed by atoms with Crippen LogP contribution < -0.4 is 0 Å². The Labute approximate surface area is 291 Å². The third-order valence-corrected chi connectivity index (χ3v) is 6.09. The van der Waals surface area contributed by atoms with Gasteiger partial charge < -0.3 is 0 Å². The maximum absolute atomic E-state index is 8.76. The van der Waals surface area contributed by atoms with Crippen molar-refractivity contribution in [3.63, 3.8) is 0 Å². The third-order valence-electron chi connectivity index (χ3n) is 6.09. The van der Waals surface area contributed by atoms with Crippen molar-refractivity contribution < 1.29 is 16.8 Å². The third kappa shape index (κ3) is 10.2. The van der Waals surface area contributed by atoms with Gasteiger partial charge in [0.2, 0.25) is 0 Å². The second-order valence-electron chi connectivity index (χ2n) is 9.19. The number of hydrogen-bond acceptors (Lipinski definition) is 10. The molecule has 0 unspecified atom stereocenters. The topological polar surface area (TPSA) is 181 Å². The summed E-state index contributed by atoms with van der Waals surface area (Å²) < 4.78 is 0. The van der Waals surface area contributed by atoms with Gasteiger partial charge in [0.1, 0.15) is 0 Å². The SMILES string of the molecule is N#Cc1ccnc(-c2cc(C#N)ccn2)c1.[C-]#[N+]c1ccnc(-c2cc(C#N)ccn2)c1.[C-]#[N+]c1ccnc(-c2cc(C#N)ccn2)c1.[Co+3]. The molecule has 0 aliphatic rings. The Morgan fingerprint density at radius 2 is 0.612 bits per heavy atom. The van der Waals surface area contributed by atoms with Crippen molar-refractivity contribution in [3.05, 3.63) is 155 Å². The summed E-state index contributed by atoms with van der Waals surface area (Å²) in [6, 6.07) is 27.8. The van der Waals surface area contributed by atoms with Gasteiger partial charge in [-0.05, 0) is 72.8 Å². The molecule has 0 aliphatic heterocycles. The van der Waals surface area contributed by atoms with Crippen LogP contribution in [0.25, 0.3) is 43.9 Å². The predicted octanol–water partition coefficient (Wildman–Crippen LogP) is 7.02. The van der Waals surface area contributed by atoms with Crippen LogP contribution in [0.3, 0.4) is 0 Å². The fourth-order valence-electron chi connectivity index (χ4n) is 3.82. The minimum Gasteiger partial charge on any atom is -0.257 e. The molecule has 13 heteroatoms. The van der Waals surface area contributed by atoms with Gasteiger partial charge in [0.15, 0.2) is 11.4 Å². The van der Waals surface area contributed by atoms with E-state index in [2.05, 4.69) is 39.6 Å². The summed E-state index contributed by atoms with van der Waals surface area (Å²) in [5.41, 5.74) is 6.71. The zero-order valence-electron chi connectivity index (χ0n) is 25.1. The van der Waals surface area contributed by atoms with Crippen LogP contribution in [-0.4, -0.2) is 29.9 Å². The van der Waals surface area contributed by atoms with Crippen molar-refractivity contribution in [2.45, 2.75) is 0 Å². The summed E-state index contributed by atoms with van der Waals surface area (Å²) in [7, 11) is 0. The Morgan fingerprint density at radius 3 is 0.837 bits per heavy atom. The van der Waals surface area contributed by atoms with Gasteiger partial charge in [-0.2, -0.15) is 21.0 Å². The summed E-state index contributed by atoms with van der Waals surface area (Å²) in [6.45, 7) is 13.8. The summed E-state index contributed by atoms with van der Waals surface area (Å²) in [6.07, 6.45) is 9.33. The van der Waals surface area contributed by atoms with Gasteiger partial charge in [0, 0.05) is 37.2 Å². The van der Waals surface area contributed by atoms with Crippen LogP contribution in [0.15, 0.2) is 110 Å². The summed E-state index contributed by atoms with van der Waals surface area (Å²) >= 11 is 0. The van der Waals surface area contributed by atoms with Gasteiger partial charge in [-0.15, -0.1) is 0 Å². The van der Waals surface area contributed by atoms with Crippen LogP contribution in [0.1, 0.15) is 22.3 Å². The monoisotopic (exact) mass is 677 g/mol. The first-order chi connectivity index (χ1) is 23.5. The molecule has 6 heterocycles. The molecule has 0 amide bonds. The van der Waals surface area contributed by atoms with Crippen molar-refractivity contribution in [2.24, 2.45) is 0 Å². The molecule has 6 aromatic heterocycles. The molecule has 0 fully saturated rings. The van der Waals surface area contributed by atoms with Crippen molar-refractivity contribution in [1.82, 2.24) is 29.9 Å². The van der Waals surface area contributed by atoms with Gasteiger partial charge >= 0.3 is 16.8 Å². The normalized spacial score (nSPS) is 8.94. The summed E-state index contributed by atoms with van der Waals surface area (Å²) in [5, 5.41) is 35.0. The first-order valence-electron chi connectivity index (χ1n) is 13.6. The number of nitriles is 4. The molecular formula is C36H18CoN12+3. The molecule has 49 heavy (non-hydrogen) atoms. The molecule has 0 bridgehead atoms. The maximum Gasteiger partial charge on any atom is 3.00 e. The Bertz CT molecular complexity index is 1920. The second kappa shape index (κ2) is 18.3. The smallest absolute Gasteiger partial charge is 0.257 e. The van der Waals surface area contributed by atoms with E-state index in [9.17, 15) is 0 Å². The van der Waals surface area contributed by atoms with E-state index in [1.807, 2.05) is 24.3 Å². The van der Waals surface area contributed by atoms with E-state index in [1.54, 1.807) is 110 Å². The van der Waals surface area contributed by atoms with Gasteiger partial charge in [-0.25, -0.2) is 9.69 Å². The van der Waals surface area contributed by atoms with Crippen molar-refractivity contribution >= 4 is 11.4 Å². The fourth-order valence-corrected chi connectivity index (χ4v) is 3.82. The number of rotatable bonds is 3. The Balaban J connectivity index is 0.000000197. The summed E-state index contributed by atoms with van der Waals surface area (Å²) in [4.78, 5) is 31.3. The van der Waals surface area contributed by atoms with E-state index in [0.29, 0.717) is 67.8 Å². The average molecular weight is 678 g/mol. The average Bonchev–Trinajstić information content (AvgIpc) is 3.18. The molecule has 0 radical (unpaired) electrons. The largest absolute Gasteiger partial charge is 3.00 e. The van der Waals surface area contributed by atoms with Gasteiger partial charge in [0.25, 0.3) is 0 Å². The molecule has 0 saturated carbocycles. The number of aromatic nitrogens is 6. The van der Waals surface area contributed by atoms with Crippen LogP contribution in [0, 0.1) is 58.5 Å². The van der Waals surface area contributed by atoms with E-state index in [4.69, 9.17) is 34.2 Å². The van der Waals surface area contributed by atoms with Gasteiger partial charge in [-0.3, -0.25) is 29.9 Å². The summed E-state index contributed by atoms with van der Waals surface area (Å²) in [5.74, 6) is 0. The standard InChI is InChI=1S/3C12H6N4.Co/c2*1-14-10-3-5-16-12(7-10)11-6-9(8-13)2-4-15-11;13-7-9-1-3-15-11(5-9)12-6-10(8-14)2-4-16-12;/h2*2-7H;1-6H;/q;;;+3. The van der Waals surface area contributed by atoms with Crippen LogP contribution >= 0.6 is 0 Å². The maximum atomic E-state index is 8.76. The first-order valence-corrected chi connectivity index (χ1v) is 13.6. The second-order valence-corrected chi connectivity index (χ2v) is 9.19. The molecular weight excluding hydrogens is 659 g/mol. The molecule has 0 aromatic carbocycles. The Morgan fingerprint density at radius 1 is 0.388 bits per heavy atom. The van der Waals surface area contributed by atoms with Crippen molar-refractivity contribution in [1.29, 1.82) is 21.0 Å². The molecule has 0 atom stereocenters. The number of hydrogen-bond donors (Lipinski definition) is 0. The number of pyridine rings is 6. The van der Waals surface area contributed by atoms with E-state index < -0.39 is 0 Å². The van der Waals surface area contributed by atoms with E-state index in [-0.39, 0.29) is 16.8 Å². The van der Waals surface area contributed by atoms with Crippen LogP contribution in [-0.2, 0) is 16.8 Å². The Kier molecular flexibility index (Phi) is 13.4. The molecule has 0 N–H and O–H groups in total. The van der Waals surface area contributed by atoms with Crippen LogP contribution in [0.2, 0.25) is 0 Å². The quantitative estimate of drug-likeness (QED) is 0.177. The number of nitrogens with zero attached hydrogens (tertiary/aromatic N) is 12. The first kappa shape index (κ1) is 35.8. The zero-order chi connectivity index (χ0) is 34.1. The molecule has 6 rings (SSSR count). The molecule has 0 spiro atoms. The molecule has 0 saturated heterocycles. The predicted molar refractivity (Wildman–Crippen MR) is 174 cm³/mol. The molecule has 228 valence electrons. The zero-order valence-corrected chi connectivity index (χ0v) is 26.1. The van der Waals surface area contributed by atoms with Gasteiger partial charge in [-0.1, -0.05) is 0 Å². The Hall–Kier alpha value is -7.65. The van der Waals surface area contributed by atoms with Crippen molar-refractivity contribution in [3.8, 4) is 58.4 Å². The fraction of sp³-hybridized carbons (Fsp3) is 0. The van der Waals surface area contributed by atoms with Crippen molar-refractivity contribution in [2.75, 3.05) is 0 Å². The molecule has 6 aromatic rings. The van der Waals surface area contributed by atoms with Gasteiger partial charge in [0.05, 0.1) is 93.8 Å². The van der Waals surface area contributed by atoms with E-state index in [1.165, 1.54) is 0 Å². The van der Waals surface area contributed by atoms with E-state index >= 15 is 0 Å². The molecule has 0 aliphatic carbocycles. The van der Waals surface area contributed by atoms with Crippen LogP contribution in [0.5, 0.6) is 0 Å². The van der Waals surface area contributed by atoms with Crippen LogP contribution in [0.4, 0.5) is 11.4 Å².